The smallest absolute Gasteiger partial charge is 0.189 e. The molecule has 0 spiro atoms. The lowest BCUT2D eigenvalue weighted by Gasteiger charge is -2.33. The quantitative estimate of drug-likeness (QED) is 0.493. The summed E-state index contributed by atoms with van der Waals surface area (Å²) in [6.45, 7) is 6.23. The van der Waals surface area contributed by atoms with E-state index < -0.39 is 0 Å². The molecule has 0 amide bonds. The number of aliphatic hydroxyl groups is 1. The van der Waals surface area contributed by atoms with Crippen molar-refractivity contribution < 1.29 is 5.11 Å². The highest BCUT2D eigenvalue weighted by Gasteiger charge is 2.31. The summed E-state index contributed by atoms with van der Waals surface area (Å²) in [6.07, 6.45) is 5.38. The zero-order chi connectivity index (χ0) is 12.2. The third-order valence-electron chi connectivity index (χ3n) is 2.94. The minimum Gasteiger partial charge on any atom is -0.394 e. The first-order chi connectivity index (χ1) is 7.37. The van der Waals surface area contributed by atoms with Gasteiger partial charge in [-0.2, -0.15) is 0 Å². The molecule has 4 nitrogen and oxygen atoms in total. The third-order valence-corrected chi connectivity index (χ3v) is 2.94. The van der Waals surface area contributed by atoms with Crippen LogP contribution >= 0.6 is 0 Å². The Kier molecular flexibility index (Phi) is 4.19. The van der Waals surface area contributed by atoms with Crippen LogP contribution in [-0.2, 0) is 0 Å². The van der Waals surface area contributed by atoms with Crippen LogP contribution < -0.4 is 11.1 Å². The van der Waals surface area contributed by atoms with Crippen LogP contribution in [0.15, 0.2) is 4.99 Å². The molecule has 94 valence electrons. The number of nitrogens with two attached hydrogens (primary N) is 1. The number of hydrogen-bond donors (Lipinski definition) is 3. The zero-order valence-electron chi connectivity index (χ0n) is 10.7. The molecule has 1 saturated carbocycles. The van der Waals surface area contributed by atoms with Gasteiger partial charge in [0.1, 0.15) is 0 Å². The Labute approximate surface area is 98.3 Å². The summed E-state index contributed by atoms with van der Waals surface area (Å²) in [5.41, 5.74) is 5.46. The molecule has 1 fully saturated rings. The predicted octanol–water partition coefficient (Wildman–Crippen LogP) is 1.38. The standard InChI is InChI=1S/C12H25N3O/c1-11(2,3)14-10(13)15-12(9-16)7-5-4-6-8-12/h16H,4-9H2,1-3H3,(H3,13,14,15). The van der Waals surface area contributed by atoms with Gasteiger partial charge in [-0.1, -0.05) is 19.3 Å². The van der Waals surface area contributed by atoms with Crippen molar-refractivity contribution in [3.63, 3.8) is 0 Å². The molecule has 1 aliphatic carbocycles. The lowest BCUT2D eigenvalue weighted by atomic mass is 9.83. The lowest BCUT2D eigenvalue weighted by Crippen LogP contribution is -2.47. The predicted molar refractivity (Wildman–Crippen MR) is 67.4 cm³/mol. The number of hydrogen-bond acceptors (Lipinski definition) is 2. The van der Waals surface area contributed by atoms with Crippen LogP contribution in [0.4, 0.5) is 0 Å². The SMILES string of the molecule is CC(C)(C)NC(N)=NC1(CO)CCCCC1. The summed E-state index contributed by atoms with van der Waals surface area (Å²) in [6, 6.07) is 0. The van der Waals surface area contributed by atoms with Crippen molar-refractivity contribution in [2.24, 2.45) is 10.7 Å². The van der Waals surface area contributed by atoms with Gasteiger partial charge in [0.15, 0.2) is 5.96 Å². The number of aliphatic hydroxyl groups excluding tert-OH is 1. The summed E-state index contributed by atoms with van der Waals surface area (Å²) in [7, 11) is 0. The summed E-state index contributed by atoms with van der Waals surface area (Å²) in [4.78, 5) is 4.50. The summed E-state index contributed by atoms with van der Waals surface area (Å²) < 4.78 is 0. The molecule has 0 saturated heterocycles. The minimum atomic E-state index is -0.333. The zero-order valence-corrected chi connectivity index (χ0v) is 10.7. The molecule has 0 bridgehead atoms. The van der Waals surface area contributed by atoms with E-state index in [0.29, 0.717) is 5.96 Å². The van der Waals surface area contributed by atoms with Gasteiger partial charge in [0.2, 0.25) is 0 Å². The highest BCUT2D eigenvalue weighted by atomic mass is 16.3. The van der Waals surface area contributed by atoms with Gasteiger partial charge in [0.05, 0.1) is 12.1 Å². The average Bonchev–Trinajstić information content (AvgIpc) is 2.16. The maximum Gasteiger partial charge on any atom is 0.189 e. The Morgan fingerprint density at radius 3 is 2.31 bits per heavy atom. The largest absolute Gasteiger partial charge is 0.394 e. The van der Waals surface area contributed by atoms with Crippen LogP contribution in [0.2, 0.25) is 0 Å². The second-order valence-corrected chi connectivity index (χ2v) is 5.82. The summed E-state index contributed by atoms with van der Waals surface area (Å²) in [5.74, 6) is 0.448. The molecule has 0 aliphatic heterocycles. The molecule has 4 heteroatoms. The van der Waals surface area contributed by atoms with E-state index >= 15 is 0 Å². The van der Waals surface area contributed by atoms with E-state index in [1.807, 2.05) is 20.8 Å². The highest BCUT2D eigenvalue weighted by Crippen LogP contribution is 2.31. The maximum atomic E-state index is 9.50. The van der Waals surface area contributed by atoms with Gasteiger partial charge in [-0.05, 0) is 33.6 Å². The van der Waals surface area contributed by atoms with Crippen LogP contribution in [-0.4, -0.2) is 28.8 Å². The van der Waals surface area contributed by atoms with Gasteiger partial charge in [-0.25, -0.2) is 4.99 Å². The minimum absolute atomic E-state index is 0.0844. The van der Waals surface area contributed by atoms with Crippen molar-refractivity contribution in [1.29, 1.82) is 0 Å². The second-order valence-electron chi connectivity index (χ2n) is 5.82. The van der Waals surface area contributed by atoms with Crippen molar-refractivity contribution in [2.75, 3.05) is 6.61 Å². The topological polar surface area (TPSA) is 70.6 Å². The Hall–Kier alpha value is -0.770. The fourth-order valence-corrected chi connectivity index (χ4v) is 2.18. The monoisotopic (exact) mass is 227 g/mol. The number of aliphatic imine (C=N–C) groups is 1. The molecule has 0 radical (unpaired) electrons. The van der Waals surface area contributed by atoms with Crippen molar-refractivity contribution in [3.8, 4) is 0 Å². The molecule has 0 aromatic carbocycles. The number of nitrogens with one attached hydrogen (secondary N) is 1. The van der Waals surface area contributed by atoms with Crippen LogP contribution in [0.5, 0.6) is 0 Å². The average molecular weight is 227 g/mol. The molecular formula is C12H25N3O. The first-order valence-electron chi connectivity index (χ1n) is 6.11. The molecule has 0 aromatic rings. The van der Waals surface area contributed by atoms with Crippen molar-refractivity contribution in [3.05, 3.63) is 0 Å². The molecule has 0 unspecified atom stereocenters. The second kappa shape index (κ2) is 5.04. The summed E-state index contributed by atoms with van der Waals surface area (Å²) in [5, 5.41) is 12.6. The van der Waals surface area contributed by atoms with Gasteiger partial charge in [-0.3, -0.25) is 0 Å². The van der Waals surface area contributed by atoms with Crippen LogP contribution in [0.25, 0.3) is 0 Å². The molecular weight excluding hydrogens is 202 g/mol. The number of guanidine groups is 1. The first-order valence-corrected chi connectivity index (χ1v) is 6.11. The highest BCUT2D eigenvalue weighted by molar-refractivity contribution is 5.79. The van der Waals surface area contributed by atoms with E-state index in [2.05, 4.69) is 10.3 Å². The Bertz CT molecular complexity index is 249. The van der Waals surface area contributed by atoms with Crippen LogP contribution in [0.3, 0.4) is 0 Å². The van der Waals surface area contributed by atoms with Gasteiger partial charge < -0.3 is 16.2 Å². The van der Waals surface area contributed by atoms with E-state index in [0.717, 1.165) is 25.7 Å². The summed E-state index contributed by atoms with van der Waals surface area (Å²) >= 11 is 0. The molecule has 4 N–H and O–H groups in total. The molecule has 16 heavy (non-hydrogen) atoms. The maximum absolute atomic E-state index is 9.50. The Balaban J connectivity index is 2.69. The number of nitrogens with zero attached hydrogens (tertiary/aromatic N) is 1. The van der Waals surface area contributed by atoms with Gasteiger partial charge >= 0.3 is 0 Å². The normalized spacial score (nSPS) is 21.9. The fourth-order valence-electron chi connectivity index (χ4n) is 2.18. The lowest BCUT2D eigenvalue weighted by molar-refractivity contribution is 0.158. The first kappa shape index (κ1) is 13.3. The van der Waals surface area contributed by atoms with E-state index in [4.69, 9.17) is 5.73 Å². The molecule has 0 heterocycles. The van der Waals surface area contributed by atoms with Gasteiger partial charge in [0.25, 0.3) is 0 Å². The van der Waals surface area contributed by atoms with Crippen molar-refractivity contribution in [2.45, 2.75) is 64.0 Å². The van der Waals surface area contributed by atoms with Crippen LogP contribution in [0, 0.1) is 0 Å². The van der Waals surface area contributed by atoms with E-state index in [-0.39, 0.29) is 17.7 Å². The molecule has 1 rings (SSSR count). The van der Waals surface area contributed by atoms with E-state index in [9.17, 15) is 5.11 Å². The van der Waals surface area contributed by atoms with Crippen LogP contribution in [0.1, 0.15) is 52.9 Å². The molecule has 1 aliphatic rings. The Morgan fingerprint density at radius 2 is 1.88 bits per heavy atom. The van der Waals surface area contributed by atoms with E-state index in [1.54, 1.807) is 0 Å². The van der Waals surface area contributed by atoms with Gasteiger partial charge in [0, 0.05) is 5.54 Å². The molecule has 0 aromatic heterocycles. The van der Waals surface area contributed by atoms with Crippen molar-refractivity contribution in [1.82, 2.24) is 5.32 Å². The fraction of sp³-hybridized carbons (Fsp3) is 0.917. The van der Waals surface area contributed by atoms with Gasteiger partial charge in [-0.15, -0.1) is 0 Å². The van der Waals surface area contributed by atoms with Crippen molar-refractivity contribution >= 4 is 5.96 Å². The third kappa shape index (κ3) is 4.00. The number of rotatable bonds is 2. The molecule has 0 atom stereocenters. The Morgan fingerprint density at radius 1 is 1.31 bits per heavy atom. The van der Waals surface area contributed by atoms with E-state index in [1.165, 1.54) is 6.42 Å².